The number of benzene rings is 1. The van der Waals surface area contributed by atoms with Crippen LogP contribution in [0.4, 0.5) is 0 Å². The molecule has 0 spiro atoms. The number of hydrogen-bond acceptors (Lipinski definition) is 3. The van der Waals surface area contributed by atoms with E-state index in [4.69, 9.17) is 14.7 Å². The first kappa shape index (κ1) is 15.4. The van der Waals surface area contributed by atoms with Crippen LogP contribution in [0.15, 0.2) is 18.2 Å². The normalized spacial score (nSPS) is 10.9. The topological polar surface area (TPSA) is 42.2 Å². The van der Waals surface area contributed by atoms with E-state index in [0.29, 0.717) is 13.0 Å². The highest BCUT2D eigenvalue weighted by molar-refractivity contribution is 5.44. The highest BCUT2D eigenvalue weighted by Gasteiger charge is 2.19. The van der Waals surface area contributed by atoms with E-state index in [1.807, 2.05) is 18.2 Å². The third-order valence-corrected chi connectivity index (χ3v) is 2.94. The molecule has 0 aromatic heterocycles. The van der Waals surface area contributed by atoms with E-state index in [2.05, 4.69) is 26.8 Å². The van der Waals surface area contributed by atoms with Gasteiger partial charge in [-0.1, -0.05) is 20.8 Å². The van der Waals surface area contributed by atoms with Crippen molar-refractivity contribution in [3.8, 4) is 17.6 Å². The maximum absolute atomic E-state index is 8.49. The molecule has 0 radical (unpaired) electrons. The van der Waals surface area contributed by atoms with Gasteiger partial charge in [0, 0.05) is 12.0 Å². The second-order valence-electron chi connectivity index (χ2n) is 5.58. The summed E-state index contributed by atoms with van der Waals surface area (Å²) < 4.78 is 11.1. The Bertz CT molecular complexity index is 441. The van der Waals surface area contributed by atoms with E-state index in [9.17, 15) is 0 Å². The molecule has 1 aromatic carbocycles. The molecule has 19 heavy (non-hydrogen) atoms. The highest BCUT2D eigenvalue weighted by atomic mass is 16.5. The van der Waals surface area contributed by atoms with Gasteiger partial charge in [-0.2, -0.15) is 5.26 Å². The minimum Gasteiger partial charge on any atom is -0.497 e. The fourth-order valence-corrected chi connectivity index (χ4v) is 1.84. The molecule has 0 aliphatic heterocycles. The van der Waals surface area contributed by atoms with Crippen molar-refractivity contribution in [2.45, 2.75) is 45.4 Å². The van der Waals surface area contributed by atoms with Crippen LogP contribution in [0.25, 0.3) is 0 Å². The van der Waals surface area contributed by atoms with E-state index >= 15 is 0 Å². The lowest BCUT2D eigenvalue weighted by Crippen LogP contribution is -2.14. The molecule has 3 nitrogen and oxygen atoms in total. The predicted molar refractivity (Wildman–Crippen MR) is 76.7 cm³/mol. The molecule has 0 saturated carbocycles. The van der Waals surface area contributed by atoms with Crippen LogP contribution >= 0.6 is 0 Å². The number of hydrogen-bond donors (Lipinski definition) is 0. The van der Waals surface area contributed by atoms with Crippen molar-refractivity contribution in [3.63, 3.8) is 0 Å². The fourth-order valence-electron chi connectivity index (χ4n) is 1.84. The number of nitriles is 1. The molecule has 0 fully saturated rings. The number of unbranched alkanes of at least 4 members (excludes halogenated alkanes) is 2. The Labute approximate surface area is 116 Å². The van der Waals surface area contributed by atoms with E-state index in [-0.39, 0.29) is 5.41 Å². The van der Waals surface area contributed by atoms with Crippen molar-refractivity contribution in [2.24, 2.45) is 0 Å². The van der Waals surface area contributed by atoms with Crippen molar-refractivity contribution >= 4 is 0 Å². The molecule has 0 N–H and O–H groups in total. The van der Waals surface area contributed by atoms with Gasteiger partial charge in [-0.25, -0.2) is 0 Å². The van der Waals surface area contributed by atoms with Crippen molar-refractivity contribution in [1.82, 2.24) is 0 Å². The lowest BCUT2D eigenvalue weighted by molar-refractivity contribution is 0.298. The number of rotatable bonds is 6. The first-order valence-electron chi connectivity index (χ1n) is 6.67. The molecule has 1 rings (SSSR count). The average Bonchev–Trinajstić information content (AvgIpc) is 2.37. The van der Waals surface area contributed by atoms with Crippen LogP contribution in [0.1, 0.15) is 45.6 Å². The molecule has 0 aliphatic carbocycles. The molecular weight excluding hydrogens is 238 g/mol. The minimum absolute atomic E-state index is 0.0104. The Morgan fingerprint density at radius 3 is 2.53 bits per heavy atom. The molecule has 0 saturated heterocycles. The predicted octanol–water partition coefficient (Wildman–Crippen LogP) is 4.07. The quantitative estimate of drug-likeness (QED) is 0.725. The second-order valence-corrected chi connectivity index (χ2v) is 5.58. The molecule has 0 atom stereocenters. The summed E-state index contributed by atoms with van der Waals surface area (Å²) in [7, 11) is 1.67. The van der Waals surface area contributed by atoms with E-state index in [1.54, 1.807) is 7.11 Å². The van der Waals surface area contributed by atoms with E-state index in [0.717, 1.165) is 29.9 Å². The van der Waals surface area contributed by atoms with Crippen LogP contribution < -0.4 is 9.47 Å². The van der Waals surface area contributed by atoms with Gasteiger partial charge in [0.05, 0.1) is 19.8 Å². The largest absolute Gasteiger partial charge is 0.497 e. The Balaban J connectivity index is 2.74. The average molecular weight is 261 g/mol. The molecular formula is C16H23NO2. The summed E-state index contributed by atoms with van der Waals surface area (Å²) in [4.78, 5) is 0. The molecule has 0 bridgehead atoms. The van der Waals surface area contributed by atoms with Gasteiger partial charge in [-0.3, -0.25) is 0 Å². The Morgan fingerprint density at radius 2 is 1.95 bits per heavy atom. The summed E-state index contributed by atoms with van der Waals surface area (Å²) in [5, 5.41) is 8.49. The first-order chi connectivity index (χ1) is 8.99. The van der Waals surface area contributed by atoms with Crippen molar-refractivity contribution in [2.75, 3.05) is 13.7 Å². The van der Waals surface area contributed by atoms with Gasteiger partial charge in [-0.15, -0.1) is 0 Å². The SMILES string of the molecule is COc1ccc(OCCCCC#N)c(C(C)(C)C)c1. The van der Waals surface area contributed by atoms with E-state index < -0.39 is 0 Å². The van der Waals surface area contributed by atoms with Gasteiger partial charge in [0.25, 0.3) is 0 Å². The van der Waals surface area contributed by atoms with Gasteiger partial charge < -0.3 is 9.47 Å². The molecule has 104 valence electrons. The minimum atomic E-state index is 0.0104. The number of methoxy groups -OCH3 is 1. The van der Waals surface area contributed by atoms with Crippen LogP contribution in [-0.4, -0.2) is 13.7 Å². The van der Waals surface area contributed by atoms with Gasteiger partial charge in [-0.05, 0) is 36.5 Å². The second kappa shape index (κ2) is 7.04. The van der Waals surface area contributed by atoms with Crippen LogP contribution in [0.2, 0.25) is 0 Å². The van der Waals surface area contributed by atoms with Crippen LogP contribution in [0.5, 0.6) is 11.5 Å². The summed E-state index contributed by atoms with van der Waals surface area (Å²) in [5.74, 6) is 1.76. The van der Waals surface area contributed by atoms with Crippen LogP contribution in [0, 0.1) is 11.3 Å². The maximum atomic E-state index is 8.49. The molecule has 3 heteroatoms. The van der Waals surface area contributed by atoms with Gasteiger partial charge >= 0.3 is 0 Å². The maximum Gasteiger partial charge on any atom is 0.123 e. The third-order valence-electron chi connectivity index (χ3n) is 2.94. The summed E-state index contributed by atoms with van der Waals surface area (Å²) in [6.45, 7) is 7.12. The van der Waals surface area contributed by atoms with E-state index in [1.165, 1.54) is 0 Å². The van der Waals surface area contributed by atoms with Crippen molar-refractivity contribution in [3.05, 3.63) is 23.8 Å². The van der Waals surface area contributed by atoms with Crippen molar-refractivity contribution in [1.29, 1.82) is 5.26 Å². The molecule has 0 unspecified atom stereocenters. The lowest BCUT2D eigenvalue weighted by atomic mass is 9.86. The van der Waals surface area contributed by atoms with Gasteiger partial charge in [0.2, 0.25) is 0 Å². The van der Waals surface area contributed by atoms with Crippen molar-refractivity contribution < 1.29 is 9.47 Å². The zero-order valence-electron chi connectivity index (χ0n) is 12.3. The smallest absolute Gasteiger partial charge is 0.123 e. The monoisotopic (exact) mass is 261 g/mol. The summed E-state index contributed by atoms with van der Waals surface area (Å²) >= 11 is 0. The van der Waals surface area contributed by atoms with Crippen LogP contribution in [-0.2, 0) is 5.41 Å². The Morgan fingerprint density at radius 1 is 1.21 bits per heavy atom. The lowest BCUT2D eigenvalue weighted by Gasteiger charge is -2.23. The van der Waals surface area contributed by atoms with Crippen LogP contribution in [0.3, 0.4) is 0 Å². The Hall–Kier alpha value is -1.69. The summed E-state index contributed by atoms with van der Waals surface area (Å²) in [6.07, 6.45) is 2.39. The molecule has 0 aliphatic rings. The first-order valence-corrected chi connectivity index (χ1v) is 6.67. The highest BCUT2D eigenvalue weighted by Crippen LogP contribution is 2.34. The zero-order chi connectivity index (χ0) is 14.3. The summed E-state index contributed by atoms with van der Waals surface area (Å²) in [5.41, 5.74) is 1.16. The number of nitrogens with zero attached hydrogens (tertiary/aromatic N) is 1. The van der Waals surface area contributed by atoms with Gasteiger partial charge in [0.1, 0.15) is 11.5 Å². The molecule has 0 amide bonds. The third kappa shape index (κ3) is 4.82. The van der Waals surface area contributed by atoms with Gasteiger partial charge in [0.15, 0.2) is 0 Å². The fraction of sp³-hybridized carbons (Fsp3) is 0.562. The zero-order valence-corrected chi connectivity index (χ0v) is 12.3. The summed E-state index contributed by atoms with van der Waals surface area (Å²) in [6, 6.07) is 8.06. The molecule has 1 aromatic rings. The Kier molecular flexibility index (Phi) is 5.69. The standard InChI is InChI=1S/C16H23NO2/c1-16(2,3)14-12-13(18-4)8-9-15(14)19-11-7-5-6-10-17/h8-9,12H,5-7,11H2,1-4H3. The molecule has 0 heterocycles. The number of ether oxygens (including phenoxy) is 2.